The van der Waals surface area contributed by atoms with E-state index < -0.39 is 55.6 Å². The quantitative estimate of drug-likeness (QED) is 0.0292. The van der Waals surface area contributed by atoms with Crippen molar-refractivity contribution in [1.82, 2.24) is 10.2 Å². The van der Waals surface area contributed by atoms with Gasteiger partial charge in [0.05, 0.1) is 12.1 Å². The molecule has 2 heterocycles. The zero-order valence-corrected chi connectivity index (χ0v) is 39.4. The van der Waals surface area contributed by atoms with Crippen molar-refractivity contribution in [3.63, 3.8) is 0 Å². The number of rotatable bonds is 33. The van der Waals surface area contributed by atoms with Crippen LogP contribution in [0.5, 0.6) is 11.5 Å². The Labute approximate surface area is 375 Å². The average Bonchev–Trinajstić information content (AvgIpc) is 3.17. The van der Waals surface area contributed by atoms with Gasteiger partial charge in [-0.1, -0.05) is 117 Å². The number of hydrogen-bond acceptors (Lipinski definition) is 13. The third-order valence-corrected chi connectivity index (χ3v) is 13.5. The van der Waals surface area contributed by atoms with Crippen molar-refractivity contribution < 1.29 is 71.3 Å². The summed E-state index contributed by atoms with van der Waals surface area (Å²) >= 11 is 0. The first-order valence-electron chi connectivity index (χ1n) is 22.8. The Hall–Kier alpha value is -2.63. The molecule has 6 atom stereocenters. The van der Waals surface area contributed by atoms with Gasteiger partial charge in [-0.3, -0.25) is 23.2 Å². The normalized spacial score (nSPS) is 18.9. The molecule has 21 heteroatoms. The maximum atomic E-state index is 13.2. The summed E-state index contributed by atoms with van der Waals surface area (Å²) in [7, 11) is -15.1. The van der Waals surface area contributed by atoms with Crippen LogP contribution in [0.3, 0.4) is 0 Å². The Kier molecular flexibility index (Phi) is 23.5. The molecule has 0 aliphatic carbocycles. The number of phenols is 2. The van der Waals surface area contributed by atoms with Crippen molar-refractivity contribution in [2.24, 2.45) is 5.92 Å². The first kappa shape index (κ1) is 54.7. The minimum atomic E-state index is -5.14. The smallest absolute Gasteiger partial charge is 0.397 e. The van der Waals surface area contributed by atoms with E-state index in [1.54, 1.807) is 11.0 Å². The SMILES string of the molecule is CCCCCCCC[C@H](C)CC(OS(=O)(=O)O)C(CCC(CCCCCCCCCCCCC(=O)NC1CCC2c3c(O)cc(O)cc3CCN2C1=O)OS(=O)(=O)O)OS(=O)(=O)O. The molecule has 0 radical (unpaired) electrons. The lowest BCUT2D eigenvalue weighted by Gasteiger charge is -2.43. The van der Waals surface area contributed by atoms with E-state index in [0.717, 1.165) is 89.0 Å². The first-order chi connectivity index (χ1) is 29.7. The summed E-state index contributed by atoms with van der Waals surface area (Å²) < 4.78 is 113. The van der Waals surface area contributed by atoms with E-state index in [0.29, 0.717) is 63.5 Å². The van der Waals surface area contributed by atoms with Crippen molar-refractivity contribution in [1.29, 1.82) is 0 Å². The second-order valence-electron chi connectivity index (χ2n) is 17.4. The van der Waals surface area contributed by atoms with Crippen LogP contribution in [0.25, 0.3) is 0 Å². The van der Waals surface area contributed by atoms with Crippen LogP contribution in [-0.4, -0.2) is 96.7 Å². The molecule has 0 saturated carbocycles. The third kappa shape index (κ3) is 21.9. The van der Waals surface area contributed by atoms with E-state index in [1.807, 2.05) is 6.92 Å². The number of aromatic hydroxyl groups is 2. The van der Waals surface area contributed by atoms with Gasteiger partial charge < -0.3 is 20.4 Å². The van der Waals surface area contributed by atoms with Gasteiger partial charge in [0, 0.05) is 24.6 Å². The van der Waals surface area contributed by atoms with Crippen LogP contribution >= 0.6 is 0 Å². The van der Waals surface area contributed by atoms with Gasteiger partial charge in [-0.2, -0.15) is 25.3 Å². The molecular weight excluding hydrogens is 885 g/mol. The lowest BCUT2D eigenvalue weighted by molar-refractivity contribution is -0.142. The number of amides is 2. The number of carbonyl (C=O) groups is 2. The van der Waals surface area contributed by atoms with Gasteiger partial charge in [0.1, 0.15) is 29.7 Å². The van der Waals surface area contributed by atoms with Gasteiger partial charge >= 0.3 is 31.2 Å². The maximum Gasteiger partial charge on any atom is 0.397 e. The molecule has 1 aromatic rings. The highest BCUT2D eigenvalue weighted by atomic mass is 32.3. The molecule has 1 saturated heterocycles. The molecule has 3 rings (SSSR count). The highest BCUT2D eigenvalue weighted by Gasteiger charge is 2.41. The molecule has 18 nitrogen and oxygen atoms in total. The first-order valence-corrected chi connectivity index (χ1v) is 26.9. The Morgan fingerprint density at radius 2 is 1.25 bits per heavy atom. The van der Waals surface area contributed by atoms with Crippen molar-refractivity contribution in [2.75, 3.05) is 6.54 Å². The molecule has 2 aliphatic rings. The Bertz CT molecular complexity index is 1900. The number of fused-ring (bicyclic) bond motifs is 3. The Morgan fingerprint density at radius 3 is 1.84 bits per heavy atom. The molecule has 6 N–H and O–H groups in total. The largest absolute Gasteiger partial charge is 0.508 e. The van der Waals surface area contributed by atoms with Crippen molar-refractivity contribution >= 4 is 43.0 Å². The number of nitrogens with zero attached hydrogens (tertiary/aromatic N) is 1. The summed E-state index contributed by atoms with van der Waals surface area (Å²) in [5, 5.41) is 23.2. The van der Waals surface area contributed by atoms with Crippen LogP contribution in [0.1, 0.15) is 185 Å². The molecule has 0 spiro atoms. The Morgan fingerprint density at radius 1 is 0.714 bits per heavy atom. The monoisotopic (exact) mass is 956 g/mol. The minimum Gasteiger partial charge on any atom is -0.508 e. The van der Waals surface area contributed by atoms with Crippen molar-refractivity contribution in [2.45, 2.75) is 205 Å². The fourth-order valence-electron chi connectivity index (χ4n) is 8.92. The van der Waals surface area contributed by atoms with E-state index in [1.165, 1.54) is 6.07 Å². The van der Waals surface area contributed by atoms with Crippen LogP contribution in [0, 0.1) is 5.92 Å². The number of benzene rings is 1. The van der Waals surface area contributed by atoms with Crippen LogP contribution in [0.4, 0.5) is 0 Å². The summed E-state index contributed by atoms with van der Waals surface area (Å²) in [6.45, 7) is 4.38. The van der Waals surface area contributed by atoms with Crippen LogP contribution in [0.15, 0.2) is 12.1 Å². The standard InChI is InChI=1S/C42H72N2O16S3/c1-3-4-5-6-13-16-19-31(2)28-39(60-63(55,56)57)38(59-62(52,53)54)25-22-34(58-61(49,50)51)20-17-14-11-9-7-8-10-12-15-18-21-40(47)43-35-23-24-36-41-32(26-27-44(36)42(35)48)29-33(45)30-37(41)46/h29-31,34-36,38-39,45-46H,3-28H2,1-2H3,(H,43,47)(H,49,50,51)(H,52,53,54)(H,55,56,57)/t31-,34?,35?,36?,38?,39?/m0/s1. The molecular formula is C42H72N2O16S3. The fraction of sp³-hybridized carbons (Fsp3) is 0.810. The molecule has 5 unspecified atom stereocenters. The predicted octanol–water partition coefficient (Wildman–Crippen LogP) is 7.60. The van der Waals surface area contributed by atoms with Gasteiger partial charge in [0.15, 0.2) is 0 Å². The molecule has 63 heavy (non-hydrogen) atoms. The summed E-state index contributed by atoms with van der Waals surface area (Å²) in [4.78, 5) is 27.6. The number of carbonyl (C=O) groups excluding carboxylic acids is 2. The van der Waals surface area contributed by atoms with Crippen LogP contribution < -0.4 is 5.32 Å². The molecule has 2 aliphatic heterocycles. The van der Waals surface area contributed by atoms with Gasteiger partial charge in [-0.25, -0.2) is 12.5 Å². The topological polar surface area (TPSA) is 281 Å². The second kappa shape index (κ2) is 27.1. The van der Waals surface area contributed by atoms with Crippen molar-refractivity contribution in [3.8, 4) is 11.5 Å². The lowest BCUT2D eigenvalue weighted by Crippen LogP contribution is -2.54. The Balaban J connectivity index is 1.34. The summed E-state index contributed by atoms with van der Waals surface area (Å²) in [5.41, 5.74) is 1.51. The number of nitrogens with one attached hydrogen (secondary N) is 1. The molecule has 364 valence electrons. The molecule has 0 aromatic heterocycles. The second-order valence-corrected chi connectivity index (χ2v) is 20.5. The minimum absolute atomic E-state index is 0.00748. The fourth-order valence-corrected chi connectivity index (χ4v) is 10.5. The number of piperidine rings is 1. The van der Waals surface area contributed by atoms with Crippen LogP contribution in [0.2, 0.25) is 0 Å². The van der Waals surface area contributed by atoms with Crippen LogP contribution in [-0.2, 0) is 59.8 Å². The highest BCUT2D eigenvalue weighted by Crippen LogP contribution is 2.43. The summed E-state index contributed by atoms with van der Waals surface area (Å²) in [5.74, 6) is -0.533. The van der Waals surface area contributed by atoms with Gasteiger partial charge in [-0.15, -0.1) is 0 Å². The van der Waals surface area contributed by atoms with Crippen molar-refractivity contribution in [3.05, 3.63) is 23.3 Å². The zero-order chi connectivity index (χ0) is 46.6. The van der Waals surface area contributed by atoms with Gasteiger partial charge in [0.25, 0.3) is 0 Å². The zero-order valence-electron chi connectivity index (χ0n) is 36.9. The predicted molar refractivity (Wildman–Crippen MR) is 235 cm³/mol. The lowest BCUT2D eigenvalue weighted by atomic mass is 9.84. The summed E-state index contributed by atoms with van der Waals surface area (Å²) in [6, 6.07) is 2.05. The van der Waals surface area contributed by atoms with E-state index in [9.17, 15) is 58.7 Å². The van der Waals surface area contributed by atoms with E-state index in [-0.39, 0.29) is 61.0 Å². The third-order valence-electron chi connectivity index (χ3n) is 12.0. The molecule has 0 bridgehead atoms. The molecule has 2 amide bonds. The number of hydrogen-bond donors (Lipinski definition) is 6. The van der Waals surface area contributed by atoms with E-state index >= 15 is 0 Å². The number of phenolic OH excluding ortho intramolecular Hbond substituents is 2. The van der Waals surface area contributed by atoms with E-state index in [2.05, 4.69) is 12.2 Å². The van der Waals surface area contributed by atoms with E-state index in [4.69, 9.17) is 12.5 Å². The highest BCUT2D eigenvalue weighted by molar-refractivity contribution is 7.81. The van der Waals surface area contributed by atoms with Gasteiger partial charge in [0.2, 0.25) is 11.8 Å². The molecule has 1 aromatic carbocycles. The molecule has 1 fully saturated rings. The maximum absolute atomic E-state index is 13.2. The summed E-state index contributed by atoms with van der Waals surface area (Å²) in [6.07, 6.45) is 12.3. The number of unbranched alkanes of at least 4 members (excludes halogenated alkanes) is 14. The van der Waals surface area contributed by atoms with Gasteiger partial charge in [-0.05, 0) is 68.9 Å². The average molecular weight is 957 g/mol.